The van der Waals surface area contributed by atoms with E-state index in [9.17, 15) is 0 Å². The van der Waals surface area contributed by atoms with Crippen LogP contribution in [0.4, 0.5) is 17.2 Å². The molecule has 0 amide bonds. The Balaban J connectivity index is 1.47. The molecule has 1 saturated heterocycles. The number of pyridine rings is 1. The van der Waals surface area contributed by atoms with Crippen LogP contribution in [0.3, 0.4) is 0 Å². The number of piperazine rings is 1. The molecule has 3 heterocycles. The highest BCUT2D eigenvalue weighted by Gasteiger charge is 2.24. The summed E-state index contributed by atoms with van der Waals surface area (Å²) in [5.74, 6) is 1.11. The number of likely N-dealkylation sites (N-methyl/N-ethyl adjacent to an activating group) is 3. The van der Waals surface area contributed by atoms with Crippen molar-refractivity contribution >= 4 is 17.2 Å². The molecule has 182 valence electrons. The molecule has 1 aromatic heterocycles. The first kappa shape index (κ1) is 25.0. The van der Waals surface area contributed by atoms with E-state index in [1.165, 1.54) is 44.8 Å². The number of hydrogen-bond acceptors (Lipinski definition) is 8. The van der Waals surface area contributed by atoms with Gasteiger partial charge in [-0.25, -0.2) is 4.98 Å². The monoisotopic (exact) mass is 446 g/mol. The molecule has 2 N–H and O–H groups in total. The Morgan fingerprint density at radius 1 is 0.875 bits per heavy atom. The van der Waals surface area contributed by atoms with Crippen LogP contribution in [0, 0.1) is 0 Å². The average Bonchev–Trinajstić information content (AvgIpc) is 2.79. The molecular formula is C24H46N8. The van der Waals surface area contributed by atoms with Crippen molar-refractivity contribution in [1.82, 2.24) is 24.6 Å². The molecule has 32 heavy (non-hydrogen) atoms. The first-order valence-corrected chi connectivity index (χ1v) is 12.5. The van der Waals surface area contributed by atoms with Gasteiger partial charge >= 0.3 is 0 Å². The molecule has 8 heteroatoms. The highest BCUT2D eigenvalue weighted by Crippen LogP contribution is 2.32. The standard InChI is InChI=1S/C24H46N8/c1-5-27(2)12-13-28(3)8-6-10-31-18-19-32(24-23(31)20-22(25)21-26-24)11-7-9-30-16-14-29(4)15-17-30/h20-21H,5-19,25H2,1-4H3. The van der Waals surface area contributed by atoms with Gasteiger partial charge in [-0.2, -0.15) is 0 Å². The van der Waals surface area contributed by atoms with E-state index >= 15 is 0 Å². The van der Waals surface area contributed by atoms with E-state index in [0.29, 0.717) is 0 Å². The smallest absolute Gasteiger partial charge is 0.152 e. The third kappa shape index (κ3) is 7.47. The molecule has 2 aliphatic heterocycles. The second kappa shape index (κ2) is 12.6. The van der Waals surface area contributed by atoms with Gasteiger partial charge in [-0.15, -0.1) is 0 Å². The predicted molar refractivity (Wildman–Crippen MR) is 137 cm³/mol. The van der Waals surface area contributed by atoms with Crippen LogP contribution in [0.5, 0.6) is 0 Å². The van der Waals surface area contributed by atoms with Gasteiger partial charge in [0.1, 0.15) is 0 Å². The van der Waals surface area contributed by atoms with Crippen LogP contribution in [0.15, 0.2) is 12.3 Å². The van der Waals surface area contributed by atoms with Crippen LogP contribution in [0.25, 0.3) is 0 Å². The van der Waals surface area contributed by atoms with Gasteiger partial charge in [-0.1, -0.05) is 6.92 Å². The molecule has 0 bridgehead atoms. The summed E-state index contributed by atoms with van der Waals surface area (Å²) >= 11 is 0. The quantitative estimate of drug-likeness (QED) is 0.514. The van der Waals surface area contributed by atoms with Gasteiger partial charge in [0, 0.05) is 65.4 Å². The minimum absolute atomic E-state index is 0.757. The summed E-state index contributed by atoms with van der Waals surface area (Å²) in [4.78, 5) is 19.5. The summed E-state index contributed by atoms with van der Waals surface area (Å²) < 4.78 is 0. The Bertz CT molecular complexity index is 676. The van der Waals surface area contributed by atoms with Gasteiger partial charge in [0.25, 0.3) is 0 Å². The lowest BCUT2D eigenvalue weighted by molar-refractivity contribution is 0.153. The second-order valence-electron chi connectivity index (χ2n) is 9.64. The number of hydrogen-bond donors (Lipinski definition) is 1. The largest absolute Gasteiger partial charge is 0.397 e. The normalized spacial score (nSPS) is 18.1. The molecule has 2 aliphatic rings. The van der Waals surface area contributed by atoms with Crippen LogP contribution in [0.1, 0.15) is 19.8 Å². The van der Waals surface area contributed by atoms with Crippen molar-refractivity contribution in [3.63, 3.8) is 0 Å². The van der Waals surface area contributed by atoms with Gasteiger partial charge < -0.3 is 35.1 Å². The van der Waals surface area contributed by atoms with Crippen LogP contribution in [0.2, 0.25) is 0 Å². The Kier molecular flexibility index (Phi) is 9.84. The maximum atomic E-state index is 6.13. The summed E-state index contributed by atoms with van der Waals surface area (Å²) in [5.41, 5.74) is 8.09. The first-order chi connectivity index (χ1) is 15.5. The molecule has 0 aromatic carbocycles. The fraction of sp³-hybridized carbons (Fsp3) is 0.792. The van der Waals surface area contributed by atoms with Crippen molar-refractivity contribution in [3.05, 3.63) is 12.3 Å². The highest BCUT2D eigenvalue weighted by molar-refractivity contribution is 5.72. The number of nitrogens with two attached hydrogens (primary N) is 1. The van der Waals surface area contributed by atoms with Gasteiger partial charge in [-0.3, -0.25) is 0 Å². The highest BCUT2D eigenvalue weighted by atomic mass is 15.3. The molecule has 1 fully saturated rings. The Labute approximate surface area is 195 Å². The average molecular weight is 447 g/mol. The van der Waals surface area contributed by atoms with Crippen molar-refractivity contribution < 1.29 is 0 Å². The van der Waals surface area contributed by atoms with E-state index in [0.717, 1.165) is 70.3 Å². The van der Waals surface area contributed by atoms with E-state index in [-0.39, 0.29) is 0 Å². The first-order valence-electron chi connectivity index (χ1n) is 12.5. The lowest BCUT2D eigenvalue weighted by Crippen LogP contribution is -2.46. The molecule has 0 aliphatic carbocycles. The van der Waals surface area contributed by atoms with Crippen molar-refractivity contribution in [2.45, 2.75) is 19.8 Å². The number of nitrogens with zero attached hydrogens (tertiary/aromatic N) is 7. The van der Waals surface area contributed by atoms with Gasteiger partial charge in [-0.05, 0) is 59.7 Å². The van der Waals surface area contributed by atoms with Crippen molar-refractivity contribution in [2.75, 3.05) is 122 Å². The lowest BCUT2D eigenvalue weighted by atomic mass is 10.2. The number of nitrogen functional groups attached to an aromatic ring is 1. The van der Waals surface area contributed by atoms with Gasteiger partial charge in [0.2, 0.25) is 0 Å². The summed E-state index contributed by atoms with van der Waals surface area (Å²) in [7, 11) is 6.64. The molecule has 0 unspecified atom stereocenters. The summed E-state index contributed by atoms with van der Waals surface area (Å²) in [6.45, 7) is 16.8. The Morgan fingerprint density at radius 2 is 1.56 bits per heavy atom. The summed E-state index contributed by atoms with van der Waals surface area (Å²) in [6, 6.07) is 2.12. The molecule has 0 atom stereocenters. The minimum Gasteiger partial charge on any atom is -0.397 e. The molecule has 3 rings (SSSR count). The maximum absolute atomic E-state index is 6.13. The van der Waals surface area contributed by atoms with Crippen LogP contribution in [-0.2, 0) is 0 Å². The van der Waals surface area contributed by atoms with Crippen LogP contribution < -0.4 is 15.5 Å². The summed E-state index contributed by atoms with van der Waals surface area (Å²) in [6.07, 6.45) is 4.16. The van der Waals surface area contributed by atoms with Gasteiger partial charge in [0.15, 0.2) is 5.82 Å². The maximum Gasteiger partial charge on any atom is 0.152 e. The van der Waals surface area contributed by atoms with E-state index in [2.05, 4.69) is 63.5 Å². The third-order valence-corrected chi connectivity index (χ3v) is 7.02. The number of anilines is 3. The minimum atomic E-state index is 0.757. The van der Waals surface area contributed by atoms with E-state index in [1.807, 2.05) is 6.20 Å². The topological polar surface area (TPSA) is 58.4 Å². The molecule has 0 spiro atoms. The predicted octanol–water partition coefficient (Wildman–Crippen LogP) is 1.20. The number of rotatable bonds is 12. The molecular weight excluding hydrogens is 400 g/mol. The zero-order valence-electron chi connectivity index (χ0n) is 21.0. The molecule has 0 radical (unpaired) electrons. The van der Waals surface area contributed by atoms with Crippen molar-refractivity contribution in [2.24, 2.45) is 0 Å². The molecule has 0 saturated carbocycles. The third-order valence-electron chi connectivity index (χ3n) is 7.02. The summed E-state index contributed by atoms with van der Waals surface area (Å²) in [5, 5.41) is 0. The van der Waals surface area contributed by atoms with E-state index in [1.54, 1.807) is 0 Å². The zero-order chi connectivity index (χ0) is 22.9. The SMILES string of the molecule is CCN(C)CCN(C)CCCN1CCN(CCCN2CCN(C)CC2)c2ncc(N)cc21. The Morgan fingerprint density at radius 3 is 2.31 bits per heavy atom. The van der Waals surface area contributed by atoms with Crippen LogP contribution in [-0.4, -0.2) is 131 Å². The Hall–Kier alpha value is -1.61. The number of aromatic nitrogens is 1. The second-order valence-corrected chi connectivity index (χ2v) is 9.64. The lowest BCUT2D eigenvalue weighted by Gasteiger charge is -2.39. The zero-order valence-corrected chi connectivity index (χ0v) is 21.0. The fourth-order valence-electron chi connectivity index (χ4n) is 4.56. The van der Waals surface area contributed by atoms with Gasteiger partial charge in [0.05, 0.1) is 17.6 Å². The number of fused-ring (bicyclic) bond motifs is 1. The van der Waals surface area contributed by atoms with Crippen molar-refractivity contribution in [1.29, 1.82) is 0 Å². The fourth-order valence-corrected chi connectivity index (χ4v) is 4.56. The van der Waals surface area contributed by atoms with E-state index < -0.39 is 0 Å². The molecule has 1 aromatic rings. The van der Waals surface area contributed by atoms with Crippen LogP contribution >= 0.6 is 0 Å². The van der Waals surface area contributed by atoms with Crippen molar-refractivity contribution in [3.8, 4) is 0 Å². The van der Waals surface area contributed by atoms with E-state index in [4.69, 9.17) is 10.7 Å². The molecule has 8 nitrogen and oxygen atoms in total.